The first-order chi connectivity index (χ1) is 7.16. The topological polar surface area (TPSA) is 12.9 Å². The molecular formula is C12H12BrNS. The van der Waals surface area contributed by atoms with E-state index in [9.17, 15) is 0 Å². The van der Waals surface area contributed by atoms with Crippen molar-refractivity contribution in [3.8, 4) is 0 Å². The van der Waals surface area contributed by atoms with Gasteiger partial charge in [-0.1, -0.05) is 28.1 Å². The van der Waals surface area contributed by atoms with Crippen molar-refractivity contribution in [2.75, 3.05) is 0 Å². The predicted molar refractivity (Wildman–Crippen MR) is 68.5 cm³/mol. The van der Waals surface area contributed by atoms with Crippen LogP contribution in [0.5, 0.6) is 0 Å². The second kappa shape index (κ2) is 4.45. The fourth-order valence-electron chi connectivity index (χ4n) is 1.65. The molecule has 15 heavy (non-hydrogen) atoms. The summed E-state index contributed by atoms with van der Waals surface area (Å²) in [7, 11) is 0. The minimum atomic E-state index is 0.937. The van der Waals surface area contributed by atoms with Gasteiger partial charge in [0.25, 0.3) is 0 Å². The van der Waals surface area contributed by atoms with E-state index in [-0.39, 0.29) is 0 Å². The van der Waals surface area contributed by atoms with Crippen LogP contribution in [0.25, 0.3) is 0 Å². The van der Waals surface area contributed by atoms with Gasteiger partial charge in [0.2, 0.25) is 0 Å². The van der Waals surface area contributed by atoms with Crippen molar-refractivity contribution in [2.45, 2.75) is 20.3 Å². The molecular weight excluding hydrogens is 270 g/mol. The molecule has 1 nitrogen and oxygen atoms in total. The van der Waals surface area contributed by atoms with Crippen molar-refractivity contribution in [1.29, 1.82) is 0 Å². The zero-order chi connectivity index (χ0) is 10.8. The maximum absolute atomic E-state index is 4.30. The Hall–Kier alpha value is -0.670. The minimum absolute atomic E-state index is 0.937. The van der Waals surface area contributed by atoms with E-state index >= 15 is 0 Å². The molecule has 0 radical (unpaired) electrons. The van der Waals surface area contributed by atoms with Gasteiger partial charge >= 0.3 is 0 Å². The summed E-state index contributed by atoms with van der Waals surface area (Å²) in [5, 5.41) is 3.20. The smallest absolute Gasteiger partial charge is 0.0968 e. The Morgan fingerprint density at radius 1 is 1.27 bits per heavy atom. The highest BCUT2D eigenvalue weighted by molar-refractivity contribution is 9.10. The van der Waals surface area contributed by atoms with Gasteiger partial charge in [-0.25, -0.2) is 4.98 Å². The third-order valence-corrected chi connectivity index (χ3v) is 4.37. The van der Waals surface area contributed by atoms with Crippen LogP contribution in [0.3, 0.4) is 0 Å². The number of thiazole rings is 1. The molecule has 0 fully saturated rings. The molecule has 0 spiro atoms. The highest BCUT2D eigenvalue weighted by atomic mass is 79.9. The lowest BCUT2D eigenvalue weighted by molar-refractivity contribution is 1.12. The number of rotatable bonds is 2. The fourth-order valence-corrected chi connectivity index (χ4v) is 2.53. The molecule has 0 saturated heterocycles. The van der Waals surface area contributed by atoms with E-state index in [1.165, 1.54) is 26.2 Å². The van der Waals surface area contributed by atoms with Crippen molar-refractivity contribution in [3.63, 3.8) is 0 Å². The van der Waals surface area contributed by atoms with Crippen LogP contribution < -0.4 is 0 Å². The van der Waals surface area contributed by atoms with Gasteiger partial charge in [0, 0.05) is 22.5 Å². The average Bonchev–Trinajstić information content (AvgIpc) is 2.66. The molecule has 0 aliphatic rings. The van der Waals surface area contributed by atoms with Gasteiger partial charge in [0.1, 0.15) is 0 Å². The first-order valence-electron chi connectivity index (χ1n) is 4.81. The van der Waals surface area contributed by atoms with Gasteiger partial charge in [0.05, 0.1) is 5.01 Å². The summed E-state index contributed by atoms with van der Waals surface area (Å²) in [5.41, 5.74) is 3.92. The number of nitrogens with zero attached hydrogens (tertiary/aromatic N) is 1. The Morgan fingerprint density at radius 2 is 1.93 bits per heavy atom. The zero-order valence-electron chi connectivity index (χ0n) is 8.75. The molecule has 0 atom stereocenters. The Balaban J connectivity index is 2.30. The summed E-state index contributed by atoms with van der Waals surface area (Å²) in [6.07, 6.45) is 2.80. The number of benzene rings is 1. The Kier molecular flexibility index (Phi) is 3.22. The Labute approximate surface area is 102 Å². The van der Waals surface area contributed by atoms with E-state index < -0.39 is 0 Å². The zero-order valence-corrected chi connectivity index (χ0v) is 11.2. The van der Waals surface area contributed by atoms with E-state index in [4.69, 9.17) is 0 Å². The normalized spacial score (nSPS) is 10.6. The number of hydrogen-bond donors (Lipinski definition) is 0. The minimum Gasteiger partial charge on any atom is -0.249 e. The SMILES string of the molecule is Cc1cc(Cc2nccs2)cc(C)c1Br. The summed E-state index contributed by atoms with van der Waals surface area (Å²) >= 11 is 5.29. The molecule has 2 rings (SSSR count). The van der Waals surface area contributed by atoms with Crippen LogP contribution >= 0.6 is 27.3 Å². The van der Waals surface area contributed by atoms with Gasteiger partial charge in [-0.3, -0.25) is 0 Å². The second-order valence-electron chi connectivity index (χ2n) is 3.65. The standard InChI is InChI=1S/C12H12BrNS/c1-8-5-10(6-9(2)12(8)13)7-11-14-3-4-15-11/h3-6H,7H2,1-2H3. The number of hydrogen-bond acceptors (Lipinski definition) is 2. The summed E-state index contributed by atoms with van der Waals surface area (Å²) < 4.78 is 1.21. The summed E-state index contributed by atoms with van der Waals surface area (Å²) in [5.74, 6) is 0. The lowest BCUT2D eigenvalue weighted by Gasteiger charge is -2.06. The van der Waals surface area contributed by atoms with Crippen LogP contribution in [0.4, 0.5) is 0 Å². The molecule has 3 heteroatoms. The lowest BCUT2D eigenvalue weighted by Crippen LogP contribution is -1.91. The van der Waals surface area contributed by atoms with Crippen molar-refractivity contribution >= 4 is 27.3 Å². The average molecular weight is 282 g/mol. The molecule has 0 bridgehead atoms. The van der Waals surface area contributed by atoms with E-state index in [2.05, 4.69) is 46.9 Å². The number of aromatic nitrogens is 1. The van der Waals surface area contributed by atoms with Crippen LogP contribution in [0.1, 0.15) is 21.7 Å². The number of halogens is 1. The molecule has 0 N–H and O–H groups in total. The number of aryl methyl sites for hydroxylation is 2. The van der Waals surface area contributed by atoms with Gasteiger partial charge in [-0.2, -0.15) is 0 Å². The van der Waals surface area contributed by atoms with E-state index in [1.54, 1.807) is 11.3 Å². The van der Waals surface area contributed by atoms with Crippen molar-refractivity contribution in [1.82, 2.24) is 4.98 Å². The predicted octanol–water partition coefficient (Wildman–Crippen LogP) is 4.11. The van der Waals surface area contributed by atoms with Gasteiger partial charge in [-0.05, 0) is 30.5 Å². The summed E-state index contributed by atoms with van der Waals surface area (Å²) in [6.45, 7) is 4.25. The van der Waals surface area contributed by atoms with Crippen LogP contribution in [-0.4, -0.2) is 4.98 Å². The Morgan fingerprint density at radius 3 is 2.47 bits per heavy atom. The fraction of sp³-hybridized carbons (Fsp3) is 0.250. The molecule has 1 heterocycles. The molecule has 0 aliphatic heterocycles. The van der Waals surface area contributed by atoms with Crippen LogP contribution in [0, 0.1) is 13.8 Å². The summed E-state index contributed by atoms with van der Waals surface area (Å²) in [4.78, 5) is 4.30. The lowest BCUT2D eigenvalue weighted by atomic mass is 10.1. The highest BCUT2D eigenvalue weighted by Gasteiger charge is 2.04. The monoisotopic (exact) mass is 281 g/mol. The van der Waals surface area contributed by atoms with Crippen molar-refractivity contribution < 1.29 is 0 Å². The molecule has 0 aliphatic carbocycles. The first kappa shape index (κ1) is 10.8. The van der Waals surface area contributed by atoms with Crippen molar-refractivity contribution in [2.24, 2.45) is 0 Å². The van der Waals surface area contributed by atoms with Gasteiger partial charge in [-0.15, -0.1) is 11.3 Å². The molecule has 78 valence electrons. The first-order valence-corrected chi connectivity index (χ1v) is 6.48. The van der Waals surface area contributed by atoms with E-state index in [0.29, 0.717) is 0 Å². The molecule has 0 amide bonds. The molecule has 2 aromatic rings. The third-order valence-electron chi connectivity index (χ3n) is 2.34. The third kappa shape index (κ3) is 2.47. The molecule has 1 aromatic heterocycles. The molecule has 1 aromatic carbocycles. The largest absolute Gasteiger partial charge is 0.249 e. The van der Waals surface area contributed by atoms with Gasteiger partial charge in [0.15, 0.2) is 0 Å². The van der Waals surface area contributed by atoms with Crippen LogP contribution in [-0.2, 0) is 6.42 Å². The second-order valence-corrected chi connectivity index (χ2v) is 5.42. The van der Waals surface area contributed by atoms with E-state index in [0.717, 1.165) is 6.42 Å². The van der Waals surface area contributed by atoms with Gasteiger partial charge < -0.3 is 0 Å². The van der Waals surface area contributed by atoms with Crippen LogP contribution in [0.2, 0.25) is 0 Å². The molecule has 0 saturated carbocycles. The highest BCUT2D eigenvalue weighted by Crippen LogP contribution is 2.24. The van der Waals surface area contributed by atoms with Crippen molar-refractivity contribution in [3.05, 3.63) is 49.9 Å². The molecule has 0 unspecified atom stereocenters. The Bertz CT molecular complexity index is 439. The summed E-state index contributed by atoms with van der Waals surface area (Å²) in [6, 6.07) is 4.44. The van der Waals surface area contributed by atoms with Crippen LogP contribution in [0.15, 0.2) is 28.2 Å². The maximum atomic E-state index is 4.30. The quantitative estimate of drug-likeness (QED) is 0.807. The van der Waals surface area contributed by atoms with E-state index in [1.807, 2.05) is 11.6 Å². The maximum Gasteiger partial charge on any atom is 0.0968 e.